The van der Waals surface area contributed by atoms with Crippen molar-refractivity contribution in [3.05, 3.63) is 101 Å². The molecule has 0 atom stereocenters. The number of anilines is 2. The maximum Gasteiger partial charge on any atom is 0.255 e. The maximum atomic E-state index is 12.9. The van der Waals surface area contributed by atoms with Gasteiger partial charge in [0, 0.05) is 42.0 Å². The lowest BCUT2D eigenvalue weighted by Crippen LogP contribution is -2.48. The molecule has 2 amide bonds. The highest BCUT2D eigenvalue weighted by molar-refractivity contribution is 9.10. The summed E-state index contributed by atoms with van der Waals surface area (Å²) in [5.41, 5.74) is 2.15. The van der Waals surface area contributed by atoms with Crippen LogP contribution in [0.2, 0.25) is 0 Å². The van der Waals surface area contributed by atoms with E-state index in [1.807, 2.05) is 65.6 Å². The number of carbonyl (C=O) groups excluding carboxylic acids is 2. The van der Waals surface area contributed by atoms with E-state index in [0.29, 0.717) is 37.4 Å². The van der Waals surface area contributed by atoms with Crippen LogP contribution in [0.25, 0.3) is 10.8 Å². The van der Waals surface area contributed by atoms with Crippen molar-refractivity contribution in [3.8, 4) is 0 Å². The summed E-state index contributed by atoms with van der Waals surface area (Å²) in [6.45, 7) is 2.58. The van der Waals surface area contributed by atoms with Crippen LogP contribution in [0.1, 0.15) is 10.4 Å². The molecular formula is C29H26BrN3O4S. The third-order valence-electron chi connectivity index (χ3n) is 6.59. The first-order chi connectivity index (χ1) is 18.3. The number of hydrogen-bond donors (Lipinski definition) is 1. The first-order valence-corrected chi connectivity index (χ1v) is 14.6. The Kier molecular flexibility index (Phi) is 7.49. The van der Waals surface area contributed by atoms with E-state index >= 15 is 0 Å². The number of carbonyl (C=O) groups is 2. The average molecular weight is 593 g/mol. The van der Waals surface area contributed by atoms with Crippen LogP contribution < -0.4 is 10.2 Å². The fourth-order valence-electron chi connectivity index (χ4n) is 4.54. The summed E-state index contributed by atoms with van der Waals surface area (Å²) in [6, 6.07) is 27.1. The maximum absolute atomic E-state index is 12.9. The number of nitrogens with one attached hydrogen (secondary N) is 1. The van der Waals surface area contributed by atoms with E-state index in [-0.39, 0.29) is 10.8 Å². The summed E-state index contributed by atoms with van der Waals surface area (Å²) in [5, 5.41) is 4.43. The van der Waals surface area contributed by atoms with E-state index in [9.17, 15) is 18.0 Å². The van der Waals surface area contributed by atoms with Gasteiger partial charge in [-0.25, -0.2) is 8.42 Å². The second-order valence-electron chi connectivity index (χ2n) is 9.12. The van der Waals surface area contributed by atoms with Crippen LogP contribution in [0.3, 0.4) is 0 Å². The van der Waals surface area contributed by atoms with Gasteiger partial charge in [-0.2, -0.15) is 0 Å². The van der Waals surface area contributed by atoms with Gasteiger partial charge in [-0.1, -0.05) is 42.5 Å². The first kappa shape index (κ1) is 25.9. The molecule has 1 heterocycles. The minimum absolute atomic E-state index is 0.00817. The summed E-state index contributed by atoms with van der Waals surface area (Å²) in [6.07, 6.45) is 0. The third-order valence-corrected chi connectivity index (χ3v) is 8.89. The van der Waals surface area contributed by atoms with Crippen molar-refractivity contribution < 1.29 is 18.0 Å². The second-order valence-corrected chi connectivity index (χ2v) is 12.0. The number of rotatable bonds is 6. The lowest BCUT2D eigenvalue weighted by molar-refractivity contribution is -0.113. The molecule has 0 radical (unpaired) electrons. The van der Waals surface area contributed by atoms with Gasteiger partial charge in [-0.15, -0.1) is 0 Å². The van der Waals surface area contributed by atoms with Gasteiger partial charge in [0.15, 0.2) is 9.84 Å². The third kappa shape index (κ3) is 5.74. The van der Waals surface area contributed by atoms with Crippen LogP contribution in [-0.2, 0) is 14.6 Å². The number of benzene rings is 4. The number of hydrogen-bond acceptors (Lipinski definition) is 5. The van der Waals surface area contributed by atoms with E-state index in [1.165, 1.54) is 6.07 Å². The molecule has 4 aromatic rings. The summed E-state index contributed by atoms with van der Waals surface area (Å²) in [7, 11) is -3.79. The number of nitrogens with zero attached hydrogens (tertiary/aromatic N) is 2. The van der Waals surface area contributed by atoms with Crippen molar-refractivity contribution in [1.29, 1.82) is 0 Å². The van der Waals surface area contributed by atoms with Gasteiger partial charge in [0.25, 0.3) is 5.91 Å². The van der Waals surface area contributed by atoms with Crippen LogP contribution in [0, 0.1) is 0 Å². The highest BCUT2D eigenvalue weighted by Crippen LogP contribution is 2.23. The molecular weight excluding hydrogens is 566 g/mol. The minimum Gasteiger partial charge on any atom is -0.368 e. The Morgan fingerprint density at radius 3 is 2.16 bits per heavy atom. The molecule has 1 aliphatic heterocycles. The Hall–Kier alpha value is -3.69. The molecule has 9 heteroatoms. The Morgan fingerprint density at radius 1 is 0.789 bits per heavy atom. The van der Waals surface area contributed by atoms with E-state index in [2.05, 4.69) is 26.1 Å². The molecule has 0 bridgehead atoms. The van der Waals surface area contributed by atoms with Crippen LogP contribution in [0.4, 0.5) is 11.4 Å². The van der Waals surface area contributed by atoms with Crippen molar-refractivity contribution >= 4 is 59.7 Å². The smallest absolute Gasteiger partial charge is 0.255 e. The molecule has 1 aliphatic rings. The van der Waals surface area contributed by atoms with E-state index in [4.69, 9.17) is 0 Å². The fraction of sp³-hybridized carbons (Fsp3) is 0.172. The largest absolute Gasteiger partial charge is 0.368 e. The summed E-state index contributed by atoms with van der Waals surface area (Å²) in [5.74, 6) is -1.22. The average Bonchev–Trinajstić information content (AvgIpc) is 2.93. The first-order valence-electron chi connectivity index (χ1n) is 12.2. The molecule has 38 heavy (non-hydrogen) atoms. The normalized spacial score (nSPS) is 13.9. The zero-order valence-electron chi connectivity index (χ0n) is 20.5. The molecule has 1 fully saturated rings. The van der Waals surface area contributed by atoms with Crippen LogP contribution in [-0.4, -0.2) is 57.1 Å². The molecule has 0 aliphatic carbocycles. The summed E-state index contributed by atoms with van der Waals surface area (Å²) < 4.78 is 26.4. The van der Waals surface area contributed by atoms with E-state index in [0.717, 1.165) is 20.9 Å². The molecule has 5 rings (SSSR count). The van der Waals surface area contributed by atoms with Gasteiger partial charge in [-0.05, 0) is 75.2 Å². The van der Waals surface area contributed by atoms with Crippen LogP contribution in [0.15, 0.2) is 100 Å². The number of piperazine rings is 1. The van der Waals surface area contributed by atoms with Gasteiger partial charge in [0.1, 0.15) is 5.75 Å². The number of amides is 2. The highest BCUT2D eigenvalue weighted by Gasteiger charge is 2.24. The predicted octanol–water partition coefficient (Wildman–Crippen LogP) is 4.98. The Morgan fingerprint density at radius 2 is 1.45 bits per heavy atom. The molecule has 7 nitrogen and oxygen atoms in total. The van der Waals surface area contributed by atoms with E-state index < -0.39 is 21.5 Å². The van der Waals surface area contributed by atoms with Crippen LogP contribution >= 0.6 is 15.9 Å². The Balaban J connectivity index is 1.17. The molecule has 1 saturated heterocycles. The zero-order valence-corrected chi connectivity index (χ0v) is 22.9. The van der Waals surface area contributed by atoms with Gasteiger partial charge in [0.2, 0.25) is 5.91 Å². The van der Waals surface area contributed by atoms with Gasteiger partial charge < -0.3 is 15.1 Å². The summed E-state index contributed by atoms with van der Waals surface area (Å²) in [4.78, 5) is 29.6. The standard InChI is InChI=1S/C29H26BrN3O4S/c30-27-8-4-3-7-26(27)29(35)33-17-15-32(16-18-33)24-12-10-23(11-13-24)31-28(34)20-38(36,37)25-14-9-21-5-1-2-6-22(21)19-25/h1-14,19H,15-18,20H2,(H,31,34). The van der Waals surface area contributed by atoms with Gasteiger partial charge in [-0.3, -0.25) is 9.59 Å². The molecule has 4 aromatic carbocycles. The number of sulfone groups is 1. The van der Waals surface area contributed by atoms with Crippen LogP contribution in [0.5, 0.6) is 0 Å². The Labute approximate surface area is 230 Å². The Bertz CT molecular complexity index is 1600. The molecule has 0 aromatic heterocycles. The highest BCUT2D eigenvalue weighted by atomic mass is 79.9. The van der Waals surface area contributed by atoms with Crippen molar-refractivity contribution in [1.82, 2.24) is 4.90 Å². The fourth-order valence-corrected chi connectivity index (χ4v) is 6.16. The SMILES string of the molecule is O=C(CS(=O)(=O)c1ccc2ccccc2c1)Nc1ccc(N2CCN(C(=O)c3ccccc3Br)CC2)cc1. The number of fused-ring (bicyclic) bond motifs is 1. The predicted molar refractivity (Wildman–Crippen MR) is 153 cm³/mol. The monoisotopic (exact) mass is 591 g/mol. The van der Waals surface area contributed by atoms with E-state index in [1.54, 1.807) is 24.3 Å². The van der Waals surface area contributed by atoms with Crippen molar-refractivity contribution in [2.75, 3.05) is 42.1 Å². The van der Waals surface area contributed by atoms with Crippen molar-refractivity contribution in [3.63, 3.8) is 0 Å². The topological polar surface area (TPSA) is 86.8 Å². The molecule has 0 unspecified atom stereocenters. The molecule has 0 spiro atoms. The van der Waals surface area contributed by atoms with Crippen molar-refractivity contribution in [2.45, 2.75) is 4.90 Å². The van der Waals surface area contributed by atoms with Crippen molar-refractivity contribution in [2.24, 2.45) is 0 Å². The van der Waals surface area contributed by atoms with Gasteiger partial charge in [0.05, 0.1) is 10.5 Å². The second kappa shape index (κ2) is 11.0. The molecule has 0 saturated carbocycles. The molecule has 1 N–H and O–H groups in total. The lowest BCUT2D eigenvalue weighted by Gasteiger charge is -2.36. The lowest BCUT2D eigenvalue weighted by atomic mass is 10.1. The zero-order chi connectivity index (χ0) is 26.7. The number of halogens is 1. The molecule has 194 valence electrons. The summed E-state index contributed by atoms with van der Waals surface area (Å²) >= 11 is 3.45. The van der Waals surface area contributed by atoms with Gasteiger partial charge >= 0.3 is 0 Å². The quantitative estimate of drug-likeness (QED) is 0.342. The minimum atomic E-state index is -3.79.